The molecule has 1 atom stereocenters. The van der Waals surface area contributed by atoms with Crippen LogP contribution in [0.4, 0.5) is 5.82 Å². The number of anilines is 1. The van der Waals surface area contributed by atoms with Gasteiger partial charge in [0.15, 0.2) is 5.69 Å². The summed E-state index contributed by atoms with van der Waals surface area (Å²) in [4.78, 5) is 14.0. The highest BCUT2D eigenvalue weighted by atomic mass is 16.5. The number of aromatic nitrogens is 2. The first-order valence-corrected chi connectivity index (χ1v) is 8.43. The Kier molecular flexibility index (Phi) is 5.92. The Morgan fingerprint density at radius 3 is 2.56 bits per heavy atom. The number of hydrogen-bond acceptors (Lipinski definition) is 6. The lowest BCUT2D eigenvalue weighted by molar-refractivity contribution is 0.0360. The predicted octanol–water partition coefficient (Wildman–Crippen LogP) is 1.32. The van der Waals surface area contributed by atoms with Crippen molar-refractivity contribution in [2.24, 2.45) is 0 Å². The normalized spacial score (nSPS) is 16.2. The Bertz CT molecular complexity index is 672. The molecule has 25 heavy (non-hydrogen) atoms. The highest BCUT2D eigenvalue weighted by Crippen LogP contribution is 2.20. The van der Waals surface area contributed by atoms with Gasteiger partial charge in [0.2, 0.25) is 0 Å². The monoisotopic (exact) mass is 341 g/mol. The fraction of sp³-hybridized carbons (Fsp3) is 0.389. The number of benzene rings is 1. The molecule has 2 aromatic rings. The minimum absolute atomic E-state index is 0.0828. The second-order valence-corrected chi connectivity index (χ2v) is 5.90. The van der Waals surface area contributed by atoms with Crippen molar-refractivity contribution in [2.75, 3.05) is 45.2 Å². The van der Waals surface area contributed by atoms with Crippen LogP contribution < -0.4 is 10.6 Å². The molecular weight excluding hydrogens is 318 g/mol. The first-order chi connectivity index (χ1) is 12.3. The summed E-state index contributed by atoms with van der Waals surface area (Å²) in [5, 5.41) is 14.1. The van der Waals surface area contributed by atoms with Crippen molar-refractivity contribution in [1.82, 2.24) is 20.4 Å². The van der Waals surface area contributed by atoms with E-state index in [1.807, 2.05) is 18.2 Å². The Labute approximate surface area is 147 Å². The third-order valence-corrected chi connectivity index (χ3v) is 4.19. The molecular formula is C18H23N5O2. The van der Waals surface area contributed by atoms with Gasteiger partial charge in [-0.3, -0.25) is 9.69 Å². The molecule has 1 aromatic carbocycles. The molecule has 0 aliphatic carbocycles. The van der Waals surface area contributed by atoms with Gasteiger partial charge in [-0.05, 0) is 17.7 Å². The van der Waals surface area contributed by atoms with Crippen LogP contribution in [-0.2, 0) is 4.74 Å². The van der Waals surface area contributed by atoms with E-state index in [0.717, 1.165) is 32.8 Å². The molecule has 0 radical (unpaired) electrons. The third-order valence-electron chi connectivity index (χ3n) is 4.19. The van der Waals surface area contributed by atoms with Crippen molar-refractivity contribution in [3.8, 4) is 0 Å². The van der Waals surface area contributed by atoms with E-state index >= 15 is 0 Å². The van der Waals surface area contributed by atoms with Crippen molar-refractivity contribution in [3.05, 3.63) is 53.7 Å². The summed E-state index contributed by atoms with van der Waals surface area (Å²) in [7, 11) is 1.57. The molecule has 0 saturated carbocycles. The van der Waals surface area contributed by atoms with Crippen LogP contribution >= 0.6 is 0 Å². The molecule has 7 heteroatoms. The van der Waals surface area contributed by atoms with Crippen LogP contribution in [0.25, 0.3) is 0 Å². The number of carbonyl (C=O) groups is 1. The van der Waals surface area contributed by atoms with Gasteiger partial charge in [0.05, 0.1) is 19.3 Å². The largest absolute Gasteiger partial charge is 0.379 e. The molecule has 132 valence electrons. The Balaban J connectivity index is 1.73. The second-order valence-electron chi connectivity index (χ2n) is 5.90. The fourth-order valence-corrected chi connectivity index (χ4v) is 2.80. The van der Waals surface area contributed by atoms with Crippen LogP contribution in [0, 0.1) is 0 Å². The maximum Gasteiger partial charge on any atom is 0.271 e. The van der Waals surface area contributed by atoms with E-state index in [9.17, 15) is 4.79 Å². The molecule has 1 aromatic heterocycles. The lowest BCUT2D eigenvalue weighted by Gasteiger charge is -2.31. The number of ether oxygens (including phenoxy) is 1. The summed E-state index contributed by atoms with van der Waals surface area (Å²) in [5.41, 5.74) is 1.49. The van der Waals surface area contributed by atoms with Crippen molar-refractivity contribution < 1.29 is 9.53 Å². The van der Waals surface area contributed by atoms with Crippen LogP contribution in [-0.4, -0.2) is 60.9 Å². The minimum atomic E-state index is -0.244. The van der Waals surface area contributed by atoms with Gasteiger partial charge in [-0.25, -0.2) is 0 Å². The maximum atomic E-state index is 11.6. The average Bonchev–Trinajstić information content (AvgIpc) is 2.69. The van der Waals surface area contributed by atoms with Gasteiger partial charge < -0.3 is 15.4 Å². The van der Waals surface area contributed by atoms with Crippen LogP contribution in [0.2, 0.25) is 0 Å². The van der Waals surface area contributed by atoms with Crippen LogP contribution in [0.3, 0.4) is 0 Å². The topological polar surface area (TPSA) is 79.4 Å². The van der Waals surface area contributed by atoms with E-state index in [2.05, 4.69) is 37.9 Å². The number of nitrogens with zero attached hydrogens (tertiary/aromatic N) is 3. The van der Waals surface area contributed by atoms with Gasteiger partial charge in [0, 0.05) is 26.7 Å². The van der Waals surface area contributed by atoms with Crippen molar-refractivity contribution >= 4 is 11.7 Å². The van der Waals surface area contributed by atoms with Gasteiger partial charge in [-0.2, -0.15) is 0 Å². The van der Waals surface area contributed by atoms with E-state index in [-0.39, 0.29) is 11.9 Å². The quantitative estimate of drug-likeness (QED) is 0.825. The van der Waals surface area contributed by atoms with Crippen molar-refractivity contribution in [1.29, 1.82) is 0 Å². The van der Waals surface area contributed by atoms with Gasteiger partial charge in [-0.15, -0.1) is 10.2 Å². The van der Waals surface area contributed by atoms with Crippen LogP contribution in [0.5, 0.6) is 0 Å². The molecule has 1 aliphatic rings. The van der Waals surface area contributed by atoms with Crippen molar-refractivity contribution in [2.45, 2.75) is 6.04 Å². The van der Waals surface area contributed by atoms with E-state index in [1.165, 1.54) is 5.56 Å². The molecule has 1 fully saturated rings. The highest BCUT2D eigenvalue weighted by molar-refractivity contribution is 5.91. The number of rotatable bonds is 6. The van der Waals surface area contributed by atoms with Crippen LogP contribution in [0.15, 0.2) is 42.5 Å². The first-order valence-electron chi connectivity index (χ1n) is 8.43. The smallest absolute Gasteiger partial charge is 0.271 e. The molecule has 3 rings (SSSR count). The number of hydrogen-bond donors (Lipinski definition) is 2. The number of morpholine rings is 1. The molecule has 2 N–H and O–H groups in total. The Morgan fingerprint density at radius 2 is 1.92 bits per heavy atom. The van der Waals surface area contributed by atoms with E-state index in [4.69, 9.17) is 4.74 Å². The molecule has 1 aliphatic heterocycles. The standard InChI is InChI=1S/C18H23N5O2/c1-19-18(24)15-7-8-17(22-21-15)20-16(14-5-3-2-4-6-14)13-23-9-11-25-12-10-23/h2-8,16H,9-13H2,1H3,(H,19,24)(H,20,22). The second kappa shape index (κ2) is 8.55. The van der Waals surface area contributed by atoms with E-state index in [0.29, 0.717) is 11.5 Å². The first kappa shape index (κ1) is 17.3. The Hall–Kier alpha value is -2.51. The summed E-state index contributed by atoms with van der Waals surface area (Å²) in [6.07, 6.45) is 0. The number of carbonyl (C=O) groups excluding carboxylic acids is 1. The molecule has 1 saturated heterocycles. The minimum Gasteiger partial charge on any atom is -0.379 e. The SMILES string of the molecule is CNC(=O)c1ccc(NC(CN2CCOCC2)c2ccccc2)nn1. The van der Waals surface area contributed by atoms with E-state index in [1.54, 1.807) is 19.2 Å². The van der Waals surface area contributed by atoms with E-state index < -0.39 is 0 Å². The lowest BCUT2D eigenvalue weighted by atomic mass is 10.1. The van der Waals surface area contributed by atoms with Crippen LogP contribution in [0.1, 0.15) is 22.1 Å². The average molecular weight is 341 g/mol. The summed E-state index contributed by atoms with van der Waals surface area (Å²) in [6.45, 7) is 4.23. The molecule has 7 nitrogen and oxygen atoms in total. The summed E-state index contributed by atoms with van der Waals surface area (Å²) in [5.74, 6) is 0.404. The zero-order valence-electron chi connectivity index (χ0n) is 14.3. The molecule has 0 bridgehead atoms. The maximum absolute atomic E-state index is 11.6. The molecule has 2 heterocycles. The van der Waals surface area contributed by atoms with Crippen molar-refractivity contribution in [3.63, 3.8) is 0 Å². The van der Waals surface area contributed by atoms with Gasteiger partial charge >= 0.3 is 0 Å². The summed E-state index contributed by atoms with van der Waals surface area (Å²) < 4.78 is 5.43. The fourth-order valence-electron chi connectivity index (χ4n) is 2.80. The zero-order chi connectivity index (χ0) is 17.5. The zero-order valence-corrected chi connectivity index (χ0v) is 14.3. The summed E-state index contributed by atoms with van der Waals surface area (Å²) >= 11 is 0. The lowest BCUT2D eigenvalue weighted by Crippen LogP contribution is -2.40. The highest BCUT2D eigenvalue weighted by Gasteiger charge is 2.19. The number of nitrogens with one attached hydrogen (secondary N) is 2. The predicted molar refractivity (Wildman–Crippen MR) is 95.5 cm³/mol. The third kappa shape index (κ3) is 4.74. The summed E-state index contributed by atoms with van der Waals surface area (Å²) in [6, 6.07) is 13.8. The van der Waals surface area contributed by atoms with Gasteiger partial charge in [0.25, 0.3) is 5.91 Å². The number of amides is 1. The van der Waals surface area contributed by atoms with Gasteiger partial charge in [-0.1, -0.05) is 30.3 Å². The molecule has 0 spiro atoms. The molecule has 1 unspecified atom stereocenters. The molecule has 1 amide bonds. The van der Waals surface area contributed by atoms with Gasteiger partial charge in [0.1, 0.15) is 5.82 Å². The Morgan fingerprint density at radius 1 is 1.16 bits per heavy atom.